The van der Waals surface area contributed by atoms with E-state index < -0.39 is 18.0 Å². The molecule has 0 radical (unpaired) electrons. The van der Waals surface area contributed by atoms with Crippen molar-refractivity contribution in [3.63, 3.8) is 0 Å². The maximum atomic E-state index is 12.1. The number of esters is 2. The summed E-state index contributed by atoms with van der Waals surface area (Å²) >= 11 is 0. The van der Waals surface area contributed by atoms with Gasteiger partial charge in [-0.1, -0.05) is 24.3 Å². The molecule has 1 unspecified atom stereocenters. The lowest BCUT2D eigenvalue weighted by Gasteiger charge is -2.23. The zero-order valence-corrected chi connectivity index (χ0v) is 11.5. The number of carbonyl (C=O) groups is 2. The molecule has 0 aliphatic carbocycles. The fraction of sp³-hybridized carbons (Fsp3) is 0.118. The molecule has 0 spiro atoms. The summed E-state index contributed by atoms with van der Waals surface area (Å²) in [5, 5.41) is 8.83. The molecule has 0 saturated carbocycles. The Morgan fingerprint density at radius 1 is 1.23 bits per heavy atom. The number of rotatable bonds is 2. The van der Waals surface area contributed by atoms with Gasteiger partial charge in [-0.2, -0.15) is 5.26 Å². The van der Waals surface area contributed by atoms with Crippen LogP contribution in [0.4, 0.5) is 0 Å². The van der Waals surface area contributed by atoms with Gasteiger partial charge in [0, 0.05) is 6.42 Å². The highest BCUT2D eigenvalue weighted by molar-refractivity contribution is 5.95. The Morgan fingerprint density at radius 3 is 2.86 bits per heavy atom. The summed E-state index contributed by atoms with van der Waals surface area (Å²) in [6, 6.07) is 15.2. The van der Waals surface area contributed by atoms with Gasteiger partial charge in [-0.05, 0) is 29.8 Å². The van der Waals surface area contributed by atoms with Crippen LogP contribution in [-0.4, -0.2) is 18.0 Å². The monoisotopic (exact) mass is 293 g/mol. The molecule has 5 heteroatoms. The lowest BCUT2D eigenvalue weighted by molar-refractivity contribution is -0.144. The van der Waals surface area contributed by atoms with E-state index in [1.165, 1.54) is 6.07 Å². The van der Waals surface area contributed by atoms with E-state index in [4.69, 9.17) is 14.7 Å². The molecule has 1 aliphatic heterocycles. The number of ether oxygens (including phenoxy) is 2. The lowest BCUT2D eigenvalue weighted by Crippen LogP contribution is -2.36. The molecule has 2 aromatic rings. The molecule has 3 rings (SSSR count). The number of hydrogen-bond donors (Lipinski definition) is 0. The Kier molecular flexibility index (Phi) is 3.58. The molecule has 0 amide bonds. The normalized spacial score (nSPS) is 16.1. The minimum absolute atomic E-state index is 0.249. The molecule has 108 valence electrons. The number of fused-ring (bicyclic) bond motifs is 1. The third-order valence-corrected chi connectivity index (χ3v) is 3.34. The molecule has 1 heterocycles. The molecule has 22 heavy (non-hydrogen) atoms. The largest absolute Gasteiger partial charge is 0.446 e. The second kappa shape index (κ2) is 5.70. The highest BCUT2D eigenvalue weighted by Gasteiger charge is 2.32. The zero-order chi connectivity index (χ0) is 15.5. The molecule has 1 atom stereocenters. The molecule has 5 nitrogen and oxygen atoms in total. The van der Waals surface area contributed by atoms with Crippen LogP contribution < -0.4 is 4.74 Å². The molecule has 0 bridgehead atoms. The Morgan fingerprint density at radius 2 is 2.05 bits per heavy atom. The highest BCUT2D eigenvalue weighted by atomic mass is 16.6. The predicted molar refractivity (Wildman–Crippen MR) is 76.1 cm³/mol. The maximum absolute atomic E-state index is 12.1. The van der Waals surface area contributed by atoms with Crippen molar-refractivity contribution >= 4 is 11.9 Å². The highest BCUT2D eigenvalue weighted by Crippen LogP contribution is 2.22. The van der Waals surface area contributed by atoms with E-state index in [9.17, 15) is 9.59 Å². The quantitative estimate of drug-likeness (QED) is 0.627. The third kappa shape index (κ3) is 2.67. The fourth-order valence-corrected chi connectivity index (χ4v) is 2.27. The van der Waals surface area contributed by atoms with Gasteiger partial charge in [0.05, 0.1) is 17.2 Å². The first-order chi connectivity index (χ1) is 10.7. The number of hydrogen-bond acceptors (Lipinski definition) is 5. The summed E-state index contributed by atoms with van der Waals surface area (Å²) in [5.74, 6) is -0.938. The lowest BCUT2D eigenvalue weighted by atomic mass is 9.99. The van der Waals surface area contributed by atoms with E-state index >= 15 is 0 Å². The van der Waals surface area contributed by atoms with Gasteiger partial charge in [-0.25, -0.2) is 9.59 Å². The first kappa shape index (κ1) is 13.8. The van der Waals surface area contributed by atoms with Crippen molar-refractivity contribution in [2.45, 2.75) is 12.5 Å². The molecule has 0 saturated heterocycles. The van der Waals surface area contributed by atoms with E-state index in [1.807, 2.05) is 6.07 Å². The van der Waals surface area contributed by atoms with Crippen LogP contribution in [0.3, 0.4) is 0 Å². The molecule has 0 N–H and O–H groups in total. The maximum Gasteiger partial charge on any atom is 0.353 e. The van der Waals surface area contributed by atoms with Gasteiger partial charge in [0.15, 0.2) is 0 Å². The summed E-state index contributed by atoms with van der Waals surface area (Å²) in [6.45, 7) is 0. The Hall–Kier alpha value is -3.13. The van der Waals surface area contributed by atoms with Crippen molar-refractivity contribution in [3.8, 4) is 11.8 Å². The molecule has 2 aromatic carbocycles. The summed E-state index contributed by atoms with van der Waals surface area (Å²) < 4.78 is 10.3. The van der Waals surface area contributed by atoms with Crippen LogP contribution in [-0.2, 0) is 16.0 Å². The van der Waals surface area contributed by atoms with Gasteiger partial charge in [-0.15, -0.1) is 0 Å². The average molecular weight is 293 g/mol. The Bertz CT molecular complexity index is 791. The van der Waals surface area contributed by atoms with Gasteiger partial charge in [0.2, 0.25) is 6.10 Å². The number of carbonyl (C=O) groups excluding carboxylic acids is 2. The molecule has 0 aromatic heterocycles. The average Bonchev–Trinajstić information content (AvgIpc) is 2.55. The standard InChI is InChI=1S/C17H11NO4/c18-10-11-4-3-6-13(8-11)21-17(20)15-9-12-5-1-2-7-14(12)16(19)22-15/h1-8,15H,9H2. The van der Waals surface area contributed by atoms with Crippen LogP contribution in [0.15, 0.2) is 48.5 Å². The minimum atomic E-state index is -0.979. The number of nitrogens with zero attached hydrogens (tertiary/aromatic N) is 1. The van der Waals surface area contributed by atoms with E-state index in [0.29, 0.717) is 11.1 Å². The summed E-state index contributed by atoms with van der Waals surface area (Å²) in [6.07, 6.45) is -0.702. The van der Waals surface area contributed by atoms with Crippen molar-refractivity contribution in [1.82, 2.24) is 0 Å². The zero-order valence-electron chi connectivity index (χ0n) is 11.5. The number of cyclic esters (lactones) is 1. The van der Waals surface area contributed by atoms with E-state index in [0.717, 1.165) is 5.56 Å². The van der Waals surface area contributed by atoms with Crippen molar-refractivity contribution in [1.29, 1.82) is 5.26 Å². The van der Waals surface area contributed by atoms with Gasteiger partial charge in [-0.3, -0.25) is 0 Å². The molecular weight excluding hydrogens is 282 g/mol. The summed E-state index contributed by atoms with van der Waals surface area (Å²) in [7, 11) is 0. The van der Waals surface area contributed by atoms with Crippen LogP contribution >= 0.6 is 0 Å². The molecule has 0 fully saturated rings. The van der Waals surface area contributed by atoms with Crippen LogP contribution in [0.1, 0.15) is 21.5 Å². The predicted octanol–water partition coefficient (Wildman–Crippen LogP) is 2.25. The van der Waals surface area contributed by atoms with Gasteiger partial charge < -0.3 is 9.47 Å². The Balaban J connectivity index is 1.77. The second-order valence-corrected chi connectivity index (χ2v) is 4.82. The van der Waals surface area contributed by atoms with Crippen molar-refractivity contribution in [2.24, 2.45) is 0 Å². The number of nitriles is 1. The number of benzene rings is 2. The first-order valence-electron chi connectivity index (χ1n) is 6.68. The molecular formula is C17H11NO4. The minimum Gasteiger partial charge on any atom is -0.446 e. The Labute approximate surface area is 126 Å². The van der Waals surface area contributed by atoms with Crippen molar-refractivity contribution in [2.75, 3.05) is 0 Å². The van der Waals surface area contributed by atoms with Crippen LogP contribution in [0.2, 0.25) is 0 Å². The topological polar surface area (TPSA) is 76.4 Å². The SMILES string of the molecule is N#Cc1cccc(OC(=O)C2Cc3ccccc3C(=O)O2)c1. The van der Waals surface area contributed by atoms with E-state index in [1.54, 1.807) is 42.5 Å². The van der Waals surface area contributed by atoms with Gasteiger partial charge in [0.25, 0.3) is 0 Å². The summed E-state index contributed by atoms with van der Waals surface area (Å²) in [5.41, 5.74) is 1.61. The smallest absolute Gasteiger partial charge is 0.353 e. The molecule has 1 aliphatic rings. The van der Waals surface area contributed by atoms with Crippen molar-refractivity contribution in [3.05, 3.63) is 65.2 Å². The van der Waals surface area contributed by atoms with Crippen LogP contribution in [0.25, 0.3) is 0 Å². The fourth-order valence-electron chi connectivity index (χ4n) is 2.27. The van der Waals surface area contributed by atoms with Crippen molar-refractivity contribution < 1.29 is 19.1 Å². The third-order valence-electron chi connectivity index (χ3n) is 3.34. The van der Waals surface area contributed by atoms with E-state index in [2.05, 4.69) is 0 Å². The van der Waals surface area contributed by atoms with Crippen LogP contribution in [0, 0.1) is 11.3 Å². The van der Waals surface area contributed by atoms with E-state index in [-0.39, 0.29) is 12.2 Å². The first-order valence-corrected chi connectivity index (χ1v) is 6.68. The van der Waals surface area contributed by atoms with Gasteiger partial charge >= 0.3 is 11.9 Å². The second-order valence-electron chi connectivity index (χ2n) is 4.82. The van der Waals surface area contributed by atoms with Gasteiger partial charge in [0.1, 0.15) is 5.75 Å². The summed E-state index contributed by atoms with van der Waals surface area (Å²) in [4.78, 5) is 24.0. The van der Waals surface area contributed by atoms with Crippen LogP contribution in [0.5, 0.6) is 5.75 Å².